The lowest BCUT2D eigenvalue weighted by atomic mass is 9.81. The molecule has 0 bridgehead atoms. The van der Waals surface area contributed by atoms with Crippen molar-refractivity contribution in [2.45, 2.75) is 19.3 Å². The number of fused-ring (bicyclic) bond motifs is 11. The number of anilines is 3. The van der Waals surface area contributed by atoms with Gasteiger partial charge in [0.15, 0.2) is 0 Å². The van der Waals surface area contributed by atoms with E-state index in [0.29, 0.717) is 0 Å². The highest BCUT2D eigenvalue weighted by Crippen LogP contribution is 2.55. The number of thiophene rings is 1. The summed E-state index contributed by atoms with van der Waals surface area (Å²) in [7, 11) is 0. The maximum Gasteiger partial charge on any atom is 0.143 e. The monoisotopic (exact) mass is 801 g/mol. The second-order valence-electron chi connectivity index (χ2n) is 16.5. The van der Waals surface area contributed by atoms with Crippen LogP contribution in [-0.2, 0) is 5.41 Å². The van der Waals surface area contributed by atoms with Gasteiger partial charge in [-0.05, 0) is 93.6 Å². The molecule has 3 heterocycles. The largest absolute Gasteiger partial charge is 0.464 e. The van der Waals surface area contributed by atoms with Crippen LogP contribution in [-0.4, -0.2) is 0 Å². The van der Waals surface area contributed by atoms with Gasteiger partial charge in [0, 0.05) is 70.1 Å². The van der Waals surface area contributed by atoms with E-state index in [1.807, 2.05) is 41.7 Å². The molecule has 1 aliphatic heterocycles. The molecule has 0 fully saturated rings. The van der Waals surface area contributed by atoms with Crippen LogP contribution in [0.1, 0.15) is 30.5 Å². The predicted molar refractivity (Wildman–Crippen MR) is 258 cm³/mol. The number of furan rings is 1. The van der Waals surface area contributed by atoms with Crippen LogP contribution in [0.2, 0.25) is 0 Å². The highest BCUT2D eigenvalue weighted by molar-refractivity contribution is 7.26. The zero-order chi connectivity index (χ0) is 40.8. The van der Waals surface area contributed by atoms with Crippen molar-refractivity contribution in [2.75, 3.05) is 4.90 Å². The van der Waals surface area contributed by atoms with E-state index in [-0.39, 0.29) is 5.41 Å². The molecule has 1 aliphatic carbocycles. The van der Waals surface area contributed by atoms with Gasteiger partial charge in [-0.25, -0.2) is 0 Å². The highest BCUT2D eigenvalue weighted by Gasteiger charge is 2.39. The van der Waals surface area contributed by atoms with E-state index in [1.165, 1.54) is 48.0 Å². The molecule has 0 unspecified atom stereocenters. The standard InChI is InChI=1S/C57H39NO2S/c1-35-12-8-9-33-59-55-41(35)31-32-49-53(55)48-30-29-40(34-50(48)57(49,2)3)58(38-25-21-36(22-26-38)42-15-10-17-46-44-13-4-6-19-51(44)60-54(42)46)39-27-23-37(24-28-39)43-16-11-18-47-45-14-5-7-20-52(45)61-56(43)47/h4-34H,1H2,2-3H3/b12-8-,33-9-. The van der Waals surface area contributed by atoms with Gasteiger partial charge >= 0.3 is 0 Å². The van der Waals surface area contributed by atoms with Gasteiger partial charge in [0.05, 0.1) is 6.26 Å². The summed E-state index contributed by atoms with van der Waals surface area (Å²) >= 11 is 1.87. The Balaban J connectivity index is 0.994. The van der Waals surface area contributed by atoms with E-state index >= 15 is 0 Å². The maximum atomic E-state index is 6.46. The van der Waals surface area contributed by atoms with Crippen LogP contribution >= 0.6 is 11.3 Å². The Morgan fingerprint density at radius 2 is 1.20 bits per heavy atom. The molecule has 0 N–H and O–H groups in total. The van der Waals surface area contributed by atoms with E-state index in [4.69, 9.17) is 9.15 Å². The summed E-state index contributed by atoms with van der Waals surface area (Å²) in [4.78, 5) is 2.38. The third-order valence-electron chi connectivity index (χ3n) is 12.7. The number of allylic oxidation sites excluding steroid dienone is 4. The van der Waals surface area contributed by atoms with Crippen LogP contribution in [0.3, 0.4) is 0 Å². The molecule has 2 aromatic heterocycles. The van der Waals surface area contributed by atoms with Gasteiger partial charge in [0.25, 0.3) is 0 Å². The van der Waals surface area contributed by atoms with Crippen molar-refractivity contribution in [3.63, 3.8) is 0 Å². The van der Waals surface area contributed by atoms with Crippen LogP contribution in [0.15, 0.2) is 199 Å². The van der Waals surface area contributed by atoms with Crippen molar-refractivity contribution in [3.8, 4) is 39.1 Å². The molecule has 0 saturated carbocycles. The summed E-state index contributed by atoms with van der Waals surface area (Å²) in [6.45, 7) is 9.01. The number of benzene rings is 8. The molecule has 10 aromatic rings. The van der Waals surface area contributed by atoms with E-state index in [2.05, 4.69) is 177 Å². The summed E-state index contributed by atoms with van der Waals surface area (Å²) in [6.07, 6.45) is 7.71. The molecular weight excluding hydrogens is 763 g/mol. The van der Waals surface area contributed by atoms with Crippen LogP contribution < -0.4 is 9.64 Å². The second-order valence-corrected chi connectivity index (χ2v) is 17.6. The number of para-hydroxylation sites is 2. The molecule has 2 aliphatic rings. The van der Waals surface area contributed by atoms with Gasteiger partial charge in [-0.15, -0.1) is 11.3 Å². The summed E-state index contributed by atoms with van der Waals surface area (Å²) in [5.74, 6) is 0.860. The number of hydrogen-bond acceptors (Lipinski definition) is 4. The molecule has 290 valence electrons. The Morgan fingerprint density at radius 3 is 2.00 bits per heavy atom. The van der Waals surface area contributed by atoms with Gasteiger partial charge in [-0.3, -0.25) is 0 Å². The van der Waals surface area contributed by atoms with Gasteiger partial charge in [-0.1, -0.05) is 148 Å². The molecule has 0 amide bonds. The van der Waals surface area contributed by atoms with Crippen molar-refractivity contribution in [3.05, 3.63) is 212 Å². The summed E-state index contributed by atoms with van der Waals surface area (Å²) in [5.41, 5.74) is 16.2. The second kappa shape index (κ2) is 13.6. The fraction of sp³-hybridized carbons (Fsp3) is 0.0526. The Hall–Kier alpha value is -7.40. The first-order valence-corrected chi connectivity index (χ1v) is 21.6. The van der Waals surface area contributed by atoms with E-state index < -0.39 is 0 Å². The normalized spacial score (nSPS) is 15.0. The zero-order valence-corrected chi connectivity index (χ0v) is 34.6. The lowest BCUT2D eigenvalue weighted by molar-refractivity contribution is 0.480. The maximum absolute atomic E-state index is 6.46. The third-order valence-corrected chi connectivity index (χ3v) is 14.0. The Morgan fingerprint density at radius 1 is 0.541 bits per heavy atom. The van der Waals surface area contributed by atoms with Gasteiger partial charge in [-0.2, -0.15) is 0 Å². The van der Waals surface area contributed by atoms with Crippen molar-refractivity contribution < 1.29 is 9.15 Å². The highest BCUT2D eigenvalue weighted by atomic mass is 32.1. The summed E-state index contributed by atoms with van der Waals surface area (Å²) in [5, 5.41) is 4.87. The van der Waals surface area contributed by atoms with Crippen molar-refractivity contribution in [2.24, 2.45) is 0 Å². The quantitative estimate of drug-likeness (QED) is 0.173. The third kappa shape index (κ3) is 5.49. The molecule has 61 heavy (non-hydrogen) atoms. The molecular formula is C57H39NO2S. The number of rotatable bonds is 5. The molecule has 0 saturated heterocycles. The smallest absolute Gasteiger partial charge is 0.143 e. The van der Waals surface area contributed by atoms with Gasteiger partial charge in [0.2, 0.25) is 0 Å². The van der Waals surface area contributed by atoms with E-state index in [0.717, 1.165) is 72.6 Å². The first kappa shape index (κ1) is 35.5. The lowest BCUT2D eigenvalue weighted by Gasteiger charge is -2.28. The Labute approximate surface area is 358 Å². The summed E-state index contributed by atoms with van der Waals surface area (Å²) in [6, 6.07) is 59.4. The zero-order valence-electron chi connectivity index (χ0n) is 33.8. The average Bonchev–Trinajstić information content (AvgIpc) is 3.94. The van der Waals surface area contributed by atoms with Gasteiger partial charge in [0.1, 0.15) is 16.9 Å². The lowest BCUT2D eigenvalue weighted by Crippen LogP contribution is -2.16. The van der Waals surface area contributed by atoms with E-state index in [9.17, 15) is 0 Å². The van der Waals surface area contributed by atoms with Crippen LogP contribution in [0.5, 0.6) is 5.75 Å². The molecule has 0 spiro atoms. The number of ether oxygens (including phenoxy) is 1. The molecule has 0 atom stereocenters. The SMILES string of the molecule is C=C1/C=C\C=C/Oc2c1ccc1c2-c2ccc(N(c3ccc(-c4cccc5c4oc4ccccc45)cc3)c3ccc(-c4cccc5c4sc4ccccc45)cc3)cc2C1(C)C. The minimum atomic E-state index is -0.268. The Bertz CT molecular complexity index is 3330. The van der Waals surface area contributed by atoms with E-state index in [1.54, 1.807) is 6.26 Å². The van der Waals surface area contributed by atoms with Crippen LogP contribution in [0.4, 0.5) is 17.1 Å². The molecule has 4 heteroatoms. The first-order chi connectivity index (χ1) is 29.9. The number of hydrogen-bond donors (Lipinski definition) is 0. The molecule has 12 rings (SSSR count). The molecule has 0 radical (unpaired) electrons. The first-order valence-electron chi connectivity index (χ1n) is 20.8. The Kier molecular flexibility index (Phi) is 7.90. The van der Waals surface area contributed by atoms with Gasteiger partial charge < -0.3 is 14.1 Å². The van der Waals surface area contributed by atoms with Crippen molar-refractivity contribution in [1.82, 2.24) is 0 Å². The van der Waals surface area contributed by atoms with Crippen LogP contribution in [0.25, 0.3) is 81.1 Å². The van der Waals surface area contributed by atoms with Crippen molar-refractivity contribution >= 4 is 76.1 Å². The minimum absolute atomic E-state index is 0.268. The summed E-state index contributed by atoms with van der Waals surface area (Å²) < 4.78 is 15.5. The van der Waals surface area contributed by atoms with Crippen LogP contribution in [0, 0.1) is 0 Å². The average molecular weight is 802 g/mol. The fourth-order valence-electron chi connectivity index (χ4n) is 9.69. The minimum Gasteiger partial charge on any atom is -0.464 e. The topological polar surface area (TPSA) is 25.6 Å². The predicted octanol–water partition coefficient (Wildman–Crippen LogP) is 16.5. The molecule has 8 aromatic carbocycles. The fourth-order valence-corrected chi connectivity index (χ4v) is 10.9. The number of nitrogens with zero attached hydrogens (tertiary/aromatic N) is 1. The van der Waals surface area contributed by atoms with Crippen molar-refractivity contribution in [1.29, 1.82) is 0 Å². The molecule has 3 nitrogen and oxygen atoms in total.